The highest BCUT2D eigenvalue weighted by Crippen LogP contribution is 2.29. The zero-order valence-electron chi connectivity index (χ0n) is 15.2. The van der Waals surface area contributed by atoms with Crippen molar-refractivity contribution in [2.75, 3.05) is 5.32 Å². The molecule has 0 atom stereocenters. The molecule has 3 N–H and O–H groups in total. The number of primary amides is 1. The molecule has 0 aliphatic heterocycles. The van der Waals surface area contributed by atoms with Crippen LogP contribution < -0.4 is 11.1 Å². The van der Waals surface area contributed by atoms with Crippen LogP contribution in [0, 0.1) is 6.92 Å². The molecule has 0 saturated heterocycles. The van der Waals surface area contributed by atoms with Gasteiger partial charge in [-0.15, -0.1) is 0 Å². The van der Waals surface area contributed by atoms with Gasteiger partial charge in [-0.05, 0) is 24.6 Å². The minimum absolute atomic E-state index is 0.0257. The van der Waals surface area contributed by atoms with E-state index in [4.69, 9.17) is 10.5 Å². The molecule has 0 fully saturated rings. The number of amides is 2. The molecule has 0 aliphatic rings. The lowest BCUT2D eigenvalue weighted by atomic mass is 10.2. The standard InChI is InChI=1S/C17H13F3N6O4/c1-8-5-10(14-24-15(30-26-14)17(18,19)20)6-23-13(8)25-16(28)29-7-9-3-2-4-22-11(9)12(21)27/h2-6H,7H2,1H3,(H2,21,27)(H,23,25,28). The Labute approximate surface area is 166 Å². The molecule has 0 unspecified atom stereocenters. The number of halogens is 3. The normalized spacial score (nSPS) is 11.2. The number of carbonyl (C=O) groups excluding carboxylic acids is 2. The Kier molecular flexibility index (Phi) is 5.62. The van der Waals surface area contributed by atoms with Crippen molar-refractivity contribution in [2.45, 2.75) is 19.7 Å². The van der Waals surface area contributed by atoms with Crippen LogP contribution in [0.3, 0.4) is 0 Å². The van der Waals surface area contributed by atoms with E-state index < -0.39 is 24.1 Å². The molecule has 0 saturated carbocycles. The van der Waals surface area contributed by atoms with Gasteiger partial charge in [0.2, 0.25) is 5.82 Å². The van der Waals surface area contributed by atoms with Crippen LogP contribution in [0.4, 0.5) is 23.8 Å². The molecule has 0 bridgehead atoms. The van der Waals surface area contributed by atoms with Crippen LogP contribution in [-0.4, -0.2) is 32.1 Å². The summed E-state index contributed by atoms with van der Waals surface area (Å²) in [6.07, 6.45) is -3.10. The molecule has 13 heteroatoms. The lowest BCUT2D eigenvalue weighted by Crippen LogP contribution is -2.19. The number of aromatic nitrogens is 4. The number of pyridine rings is 2. The summed E-state index contributed by atoms with van der Waals surface area (Å²) in [5, 5.41) is 5.65. The third-order valence-electron chi connectivity index (χ3n) is 3.71. The molecule has 3 aromatic heterocycles. The maximum atomic E-state index is 12.6. The summed E-state index contributed by atoms with van der Waals surface area (Å²) in [4.78, 5) is 34.4. The number of nitrogens with zero attached hydrogens (tertiary/aromatic N) is 4. The Hall–Kier alpha value is -4.03. The highest BCUT2D eigenvalue weighted by Gasteiger charge is 2.38. The maximum Gasteiger partial charge on any atom is 0.471 e. The van der Waals surface area contributed by atoms with Crippen molar-refractivity contribution >= 4 is 17.8 Å². The molecule has 2 amide bonds. The summed E-state index contributed by atoms with van der Waals surface area (Å²) in [5.41, 5.74) is 6.06. The van der Waals surface area contributed by atoms with E-state index in [-0.39, 0.29) is 29.5 Å². The van der Waals surface area contributed by atoms with Crippen LogP contribution >= 0.6 is 0 Å². The second-order valence-electron chi connectivity index (χ2n) is 5.89. The van der Waals surface area contributed by atoms with Crippen LogP contribution in [-0.2, 0) is 17.5 Å². The van der Waals surface area contributed by atoms with Crippen molar-refractivity contribution in [3.63, 3.8) is 0 Å². The molecule has 30 heavy (non-hydrogen) atoms. The van der Waals surface area contributed by atoms with Gasteiger partial charge in [0.05, 0.1) is 0 Å². The van der Waals surface area contributed by atoms with Gasteiger partial charge in [-0.3, -0.25) is 15.1 Å². The van der Waals surface area contributed by atoms with Crippen LogP contribution in [0.1, 0.15) is 27.5 Å². The molecule has 10 nitrogen and oxygen atoms in total. The molecular weight excluding hydrogens is 409 g/mol. The summed E-state index contributed by atoms with van der Waals surface area (Å²) >= 11 is 0. The topological polar surface area (TPSA) is 146 Å². The van der Waals surface area contributed by atoms with E-state index in [1.54, 1.807) is 13.0 Å². The number of aryl methyl sites for hydroxylation is 1. The molecule has 0 aliphatic carbocycles. The van der Waals surface area contributed by atoms with E-state index in [0.717, 1.165) is 0 Å². The summed E-state index contributed by atoms with van der Waals surface area (Å²) in [5.74, 6) is -2.45. The summed E-state index contributed by atoms with van der Waals surface area (Å²) in [6.45, 7) is 1.29. The fraction of sp³-hybridized carbons (Fsp3) is 0.176. The van der Waals surface area contributed by atoms with Crippen molar-refractivity contribution in [1.82, 2.24) is 20.1 Å². The predicted octanol–water partition coefficient (Wildman–Crippen LogP) is 2.70. The Balaban J connectivity index is 1.67. The Morgan fingerprint density at radius 3 is 2.70 bits per heavy atom. The van der Waals surface area contributed by atoms with Gasteiger partial charge >= 0.3 is 18.2 Å². The van der Waals surface area contributed by atoms with Gasteiger partial charge in [0, 0.05) is 23.5 Å². The van der Waals surface area contributed by atoms with Gasteiger partial charge in [0.25, 0.3) is 5.91 Å². The molecule has 0 radical (unpaired) electrons. The number of rotatable bonds is 5. The van der Waals surface area contributed by atoms with Gasteiger partial charge in [0.1, 0.15) is 18.1 Å². The van der Waals surface area contributed by atoms with E-state index in [1.807, 2.05) is 0 Å². The van der Waals surface area contributed by atoms with E-state index >= 15 is 0 Å². The molecule has 0 spiro atoms. The largest absolute Gasteiger partial charge is 0.471 e. The predicted molar refractivity (Wildman–Crippen MR) is 93.8 cm³/mol. The van der Waals surface area contributed by atoms with E-state index in [1.165, 1.54) is 24.5 Å². The van der Waals surface area contributed by atoms with Crippen molar-refractivity contribution in [3.05, 3.63) is 53.3 Å². The minimum Gasteiger partial charge on any atom is -0.444 e. The van der Waals surface area contributed by atoms with Gasteiger partial charge < -0.3 is 15.0 Å². The van der Waals surface area contributed by atoms with E-state index in [0.29, 0.717) is 11.1 Å². The minimum atomic E-state index is -4.76. The molecule has 0 aromatic carbocycles. The number of hydrogen-bond donors (Lipinski definition) is 2. The summed E-state index contributed by atoms with van der Waals surface area (Å²) < 4.78 is 46.9. The van der Waals surface area contributed by atoms with Crippen LogP contribution in [0.5, 0.6) is 0 Å². The monoisotopic (exact) mass is 422 g/mol. The first-order valence-corrected chi connectivity index (χ1v) is 8.20. The average molecular weight is 422 g/mol. The van der Waals surface area contributed by atoms with E-state index in [2.05, 4.69) is 29.9 Å². The Bertz CT molecular complexity index is 1100. The number of hydrogen-bond acceptors (Lipinski definition) is 8. The first kappa shape index (κ1) is 20.7. The number of ether oxygens (including phenoxy) is 1. The highest BCUT2D eigenvalue weighted by molar-refractivity contribution is 5.92. The SMILES string of the molecule is Cc1cc(-c2noc(C(F)(F)F)n2)cnc1NC(=O)OCc1cccnc1C(N)=O. The molecule has 3 aromatic rings. The molecular formula is C17H13F3N6O4. The summed E-state index contributed by atoms with van der Waals surface area (Å²) in [6, 6.07) is 4.49. The maximum absolute atomic E-state index is 12.6. The third-order valence-corrected chi connectivity index (χ3v) is 3.71. The smallest absolute Gasteiger partial charge is 0.444 e. The fourth-order valence-electron chi connectivity index (χ4n) is 2.34. The Morgan fingerprint density at radius 2 is 2.07 bits per heavy atom. The number of alkyl halides is 3. The second kappa shape index (κ2) is 8.14. The van der Waals surface area contributed by atoms with Gasteiger partial charge in [0.15, 0.2) is 0 Å². The molecule has 3 heterocycles. The highest BCUT2D eigenvalue weighted by atomic mass is 19.4. The molecule has 156 valence electrons. The molecule has 3 rings (SSSR count). The van der Waals surface area contributed by atoms with Crippen LogP contribution in [0.25, 0.3) is 11.4 Å². The Morgan fingerprint density at radius 1 is 1.30 bits per heavy atom. The van der Waals surface area contributed by atoms with Crippen LogP contribution in [0.2, 0.25) is 0 Å². The zero-order valence-corrected chi connectivity index (χ0v) is 15.2. The zero-order chi connectivity index (χ0) is 21.9. The fourth-order valence-corrected chi connectivity index (χ4v) is 2.34. The number of nitrogens with one attached hydrogen (secondary N) is 1. The number of anilines is 1. The van der Waals surface area contributed by atoms with Gasteiger partial charge in [-0.2, -0.15) is 18.2 Å². The van der Waals surface area contributed by atoms with Crippen molar-refractivity contribution in [1.29, 1.82) is 0 Å². The second-order valence-corrected chi connectivity index (χ2v) is 5.89. The lowest BCUT2D eigenvalue weighted by molar-refractivity contribution is -0.159. The van der Waals surface area contributed by atoms with Crippen LogP contribution in [0.15, 0.2) is 35.1 Å². The number of nitrogens with two attached hydrogens (primary N) is 1. The van der Waals surface area contributed by atoms with E-state index in [9.17, 15) is 22.8 Å². The third kappa shape index (κ3) is 4.68. The summed E-state index contributed by atoms with van der Waals surface area (Å²) in [7, 11) is 0. The quantitative estimate of drug-likeness (QED) is 0.638. The van der Waals surface area contributed by atoms with Crippen molar-refractivity contribution < 1.29 is 32.0 Å². The first-order valence-electron chi connectivity index (χ1n) is 8.20. The van der Waals surface area contributed by atoms with Gasteiger partial charge in [-0.25, -0.2) is 9.78 Å². The average Bonchev–Trinajstić information content (AvgIpc) is 3.19. The van der Waals surface area contributed by atoms with Crippen molar-refractivity contribution in [2.24, 2.45) is 5.73 Å². The van der Waals surface area contributed by atoms with Crippen molar-refractivity contribution in [3.8, 4) is 11.4 Å². The van der Waals surface area contributed by atoms with Gasteiger partial charge in [-0.1, -0.05) is 11.2 Å². The lowest BCUT2D eigenvalue weighted by Gasteiger charge is -2.10. The number of carbonyl (C=O) groups is 2. The first-order chi connectivity index (χ1) is 14.1.